The molecule has 0 aliphatic rings. The molecule has 0 saturated heterocycles. The lowest BCUT2D eigenvalue weighted by Gasteiger charge is -2.08. The first kappa shape index (κ1) is 14.8. The second-order valence-corrected chi connectivity index (χ2v) is 4.45. The molecule has 1 rings (SSSR count). The molecule has 0 aliphatic heterocycles. The average molecular weight is 271 g/mol. The third kappa shape index (κ3) is 5.38. The maximum Gasteiger partial charge on any atom is 0.257 e. The van der Waals surface area contributed by atoms with E-state index in [-0.39, 0.29) is 12.5 Å². The van der Waals surface area contributed by atoms with Crippen LogP contribution in [0.4, 0.5) is 0 Å². The van der Waals surface area contributed by atoms with Crippen molar-refractivity contribution in [2.24, 2.45) is 5.73 Å². The van der Waals surface area contributed by atoms with Crippen molar-refractivity contribution in [3.05, 3.63) is 28.8 Å². The molecule has 1 aromatic carbocycles. The van der Waals surface area contributed by atoms with E-state index >= 15 is 0 Å². The Balaban J connectivity index is 2.27. The van der Waals surface area contributed by atoms with Crippen molar-refractivity contribution in [2.75, 3.05) is 19.7 Å². The van der Waals surface area contributed by atoms with E-state index in [9.17, 15) is 4.79 Å². The SMILES string of the molecule is Cc1cc(OCC(=O)NCCCCN)ccc1Cl. The molecule has 0 saturated carbocycles. The van der Waals surface area contributed by atoms with Gasteiger partial charge in [-0.05, 0) is 50.1 Å². The lowest BCUT2D eigenvalue weighted by Crippen LogP contribution is -2.29. The standard InChI is InChI=1S/C13H19ClN2O2/c1-10-8-11(4-5-12(10)14)18-9-13(17)16-7-3-2-6-15/h4-5,8H,2-3,6-7,9,15H2,1H3,(H,16,17). The predicted molar refractivity (Wildman–Crippen MR) is 73.0 cm³/mol. The minimum atomic E-state index is -0.125. The molecule has 0 spiro atoms. The monoisotopic (exact) mass is 270 g/mol. The van der Waals surface area contributed by atoms with Crippen LogP contribution in [-0.2, 0) is 4.79 Å². The maximum atomic E-state index is 11.4. The summed E-state index contributed by atoms with van der Waals surface area (Å²) in [5.41, 5.74) is 6.29. The van der Waals surface area contributed by atoms with Crippen LogP contribution in [0, 0.1) is 6.92 Å². The van der Waals surface area contributed by atoms with Gasteiger partial charge in [0.25, 0.3) is 5.91 Å². The number of hydrogen-bond acceptors (Lipinski definition) is 3. The van der Waals surface area contributed by atoms with Crippen molar-refractivity contribution in [3.63, 3.8) is 0 Å². The van der Waals surface area contributed by atoms with Crippen LogP contribution in [0.15, 0.2) is 18.2 Å². The van der Waals surface area contributed by atoms with Gasteiger partial charge in [-0.2, -0.15) is 0 Å². The highest BCUT2D eigenvalue weighted by Gasteiger charge is 2.03. The zero-order valence-electron chi connectivity index (χ0n) is 10.5. The number of rotatable bonds is 7. The van der Waals surface area contributed by atoms with Crippen molar-refractivity contribution in [2.45, 2.75) is 19.8 Å². The predicted octanol–water partition coefficient (Wildman–Crippen LogP) is 1.88. The number of carbonyl (C=O) groups excluding carboxylic acids is 1. The Morgan fingerprint density at radius 3 is 2.89 bits per heavy atom. The minimum absolute atomic E-state index is 0.0176. The number of benzene rings is 1. The summed E-state index contributed by atoms with van der Waals surface area (Å²) >= 11 is 5.90. The first-order valence-corrected chi connectivity index (χ1v) is 6.37. The molecule has 0 fully saturated rings. The Morgan fingerprint density at radius 2 is 2.22 bits per heavy atom. The van der Waals surface area contributed by atoms with E-state index in [1.807, 2.05) is 13.0 Å². The van der Waals surface area contributed by atoms with Crippen LogP contribution in [0.5, 0.6) is 5.75 Å². The molecule has 4 nitrogen and oxygen atoms in total. The van der Waals surface area contributed by atoms with E-state index in [1.54, 1.807) is 12.1 Å². The molecule has 0 radical (unpaired) electrons. The molecule has 3 N–H and O–H groups in total. The maximum absolute atomic E-state index is 11.4. The van der Waals surface area contributed by atoms with Gasteiger partial charge in [0.15, 0.2) is 6.61 Å². The van der Waals surface area contributed by atoms with Crippen molar-refractivity contribution in [1.82, 2.24) is 5.32 Å². The summed E-state index contributed by atoms with van der Waals surface area (Å²) in [6, 6.07) is 5.31. The number of amides is 1. The zero-order chi connectivity index (χ0) is 13.4. The molecule has 0 aromatic heterocycles. The summed E-state index contributed by atoms with van der Waals surface area (Å²) in [4.78, 5) is 11.4. The van der Waals surface area contributed by atoms with Gasteiger partial charge in [-0.1, -0.05) is 11.6 Å². The smallest absolute Gasteiger partial charge is 0.257 e. The normalized spacial score (nSPS) is 10.2. The third-order valence-corrected chi connectivity index (χ3v) is 2.88. The Morgan fingerprint density at radius 1 is 1.44 bits per heavy atom. The molecule has 0 atom stereocenters. The minimum Gasteiger partial charge on any atom is -0.484 e. The van der Waals surface area contributed by atoms with E-state index in [2.05, 4.69) is 5.32 Å². The van der Waals surface area contributed by atoms with Crippen LogP contribution in [0.25, 0.3) is 0 Å². The molecule has 0 aliphatic carbocycles. The molecule has 0 bridgehead atoms. The molecule has 5 heteroatoms. The van der Waals surface area contributed by atoms with Crippen LogP contribution in [0.3, 0.4) is 0 Å². The van der Waals surface area contributed by atoms with Crippen LogP contribution in [0.2, 0.25) is 5.02 Å². The fourth-order valence-electron chi connectivity index (χ4n) is 1.40. The number of unbranched alkanes of at least 4 members (excludes halogenated alkanes) is 1. The van der Waals surface area contributed by atoms with E-state index in [1.165, 1.54) is 0 Å². The van der Waals surface area contributed by atoms with Gasteiger partial charge >= 0.3 is 0 Å². The molecule has 0 unspecified atom stereocenters. The van der Waals surface area contributed by atoms with Crippen LogP contribution in [-0.4, -0.2) is 25.6 Å². The quantitative estimate of drug-likeness (QED) is 0.744. The van der Waals surface area contributed by atoms with Crippen LogP contribution in [0.1, 0.15) is 18.4 Å². The van der Waals surface area contributed by atoms with Crippen molar-refractivity contribution >= 4 is 17.5 Å². The average Bonchev–Trinajstić information content (AvgIpc) is 2.36. The Bertz CT molecular complexity index is 397. The van der Waals surface area contributed by atoms with Gasteiger partial charge in [-0.15, -0.1) is 0 Å². The molecule has 100 valence electrons. The highest BCUT2D eigenvalue weighted by Crippen LogP contribution is 2.20. The zero-order valence-corrected chi connectivity index (χ0v) is 11.3. The number of aryl methyl sites for hydroxylation is 1. The lowest BCUT2D eigenvalue weighted by atomic mass is 10.2. The molecule has 18 heavy (non-hydrogen) atoms. The van der Waals surface area contributed by atoms with Gasteiger partial charge in [0.1, 0.15) is 5.75 Å². The Labute approximate surface area is 112 Å². The van der Waals surface area contributed by atoms with Gasteiger partial charge < -0.3 is 15.8 Å². The summed E-state index contributed by atoms with van der Waals surface area (Å²) in [5, 5.41) is 3.46. The topological polar surface area (TPSA) is 64.3 Å². The summed E-state index contributed by atoms with van der Waals surface area (Å²) < 4.78 is 5.37. The van der Waals surface area contributed by atoms with Crippen molar-refractivity contribution in [3.8, 4) is 5.75 Å². The lowest BCUT2D eigenvalue weighted by molar-refractivity contribution is -0.123. The van der Waals surface area contributed by atoms with Gasteiger partial charge in [-0.3, -0.25) is 4.79 Å². The Kier molecular flexibility index (Phi) is 6.54. The van der Waals surface area contributed by atoms with Crippen LogP contribution >= 0.6 is 11.6 Å². The largest absolute Gasteiger partial charge is 0.484 e. The fourth-order valence-corrected chi connectivity index (χ4v) is 1.52. The second kappa shape index (κ2) is 7.95. The highest BCUT2D eigenvalue weighted by atomic mass is 35.5. The summed E-state index contributed by atoms with van der Waals surface area (Å²) in [6.07, 6.45) is 1.81. The first-order chi connectivity index (χ1) is 8.63. The summed E-state index contributed by atoms with van der Waals surface area (Å²) in [7, 11) is 0. The van der Waals surface area contributed by atoms with E-state index in [4.69, 9.17) is 22.1 Å². The van der Waals surface area contributed by atoms with E-state index in [0.29, 0.717) is 23.9 Å². The number of nitrogens with one attached hydrogen (secondary N) is 1. The summed E-state index contributed by atoms with van der Waals surface area (Å²) in [5.74, 6) is 0.522. The van der Waals surface area contributed by atoms with Gasteiger partial charge in [0.05, 0.1) is 0 Å². The Hall–Kier alpha value is -1.26. The van der Waals surface area contributed by atoms with Gasteiger partial charge in [0, 0.05) is 11.6 Å². The van der Waals surface area contributed by atoms with E-state index < -0.39 is 0 Å². The number of halogens is 1. The number of carbonyl (C=O) groups is 1. The molecular weight excluding hydrogens is 252 g/mol. The number of nitrogens with two attached hydrogens (primary N) is 1. The molecule has 0 heterocycles. The van der Waals surface area contributed by atoms with E-state index in [0.717, 1.165) is 18.4 Å². The third-order valence-electron chi connectivity index (χ3n) is 2.45. The van der Waals surface area contributed by atoms with Crippen molar-refractivity contribution < 1.29 is 9.53 Å². The fraction of sp³-hybridized carbons (Fsp3) is 0.462. The highest BCUT2D eigenvalue weighted by molar-refractivity contribution is 6.31. The van der Waals surface area contributed by atoms with Gasteiger partial charge in [-0.25, -0.2) is 0 Å². The van der Waals surface area contributed by atoms with Crippen LogP contribution < -0.4 is 15.8 Å². The number of hydrogen-bond donors (Lipinski definition) is 2. The van der Waals surface area contributed by atoms with Crippen molar-refractivity contribution in [1.29, 1.82) is 0 Å². The first-order valence-electron chi connectivity index (χ1n) is 5.99. The summed E-state index contributed by atoms with van der Waals surface area (Å²) in [6.45, 7) is 3.20. The molecular formula is C13H19ClN2O2. The molecule has 1 amide bonds. The number of ether oxygens (including phenoxy) is 1. The molecule has 1 aromatic rings. The van der Waals surface area contributed by atoms with Gasteiger partial charge in [0.2, 0.25) is 0 Å². The second-order valence-electron chi connectivity index (χ2n) is 4.05.